The number of phenolic OH excluding ortho intramolecular Hbond substituents is 2. The first kappa shape index (κ1) is 52.1. The van der Waals surface area contributed by atoms with Crippen LogP contribution in [0.3, 0.4) is 0 Å². The predicted molar refractivity (Wildman–Crippen MR) is 266 cm³/mol. The molecule has 0 spiro atoms. The molecule has 0 aliphatic carbocycles. The van der Waals surface area contributed by atoms with Gasteiger partial charge in [0, 0.05) is 43.1 Å². The van der Waals surface area contributed by atoms with Crippen LogP contribution in [0, 0.1) is 0 Å². The van der Waals surface area contributed by atoms with Crippen LogP contribution in [0.1, 0.15) is 118 Å². The minimum absolute atomic E-state index is 0.0699. The highest BCUT2D eigenvalue weighted by molar-refractivity contribution is 6.01. The van der Waals surface area contributed by atoms with Gasteiger partial charge >= 0.3 is 5.97 Å². The molecule has 6 rings (SSSR count). The zero-order valence-electron chi connectivity index (χ0n) is 40.2. The number of hydrogen-bond donors (Lipinski definition) is 8. The van der Waals surface area contributed by atoms with Crippen LogP contribution >= 0.6 is 0 Å². The summed E-state index contributed by atoms with van der Waals surface area (Å²) in [5.41, 5.74) is 10.6. The predicted octanol–water partition coefficient (Wildman–Crippen LogP) is 5.94. The Morgan fingerprint density at radius 2 is 1.56 bits per heavy atom. The number of amides is 5. The van der Waals surface area contributed by atoms with Crippen LogP contribution in [0.2, 0.25) is 0 Å². The van der Waals surface area contributed by atoms with Crippen molar-refractivity contribution in [1.29, 1.82) is 0 Å². The molecule has 5 aromatic rings. The van der Waals surface area contributed by atoms with Crippen molar-refractivity contribution >= 4 is 41.0 Å². The van der Waals surface area contributed by atoms with E-state index in [0.29, 0.717) is 36.0 Å². The molecule has 4 atom stereocenters. The molecule has 1 aliphatic rings. The highest BCUT2D eigenvalue weighted by Gasteiger charge is 2.36. The van der Waals surface area contributed by atoms with Gasteiger partial charge in [0.1, 0.15) is 35.7 Å². The number of phenols is 2. The smallest absolute Gasteiger partial charge is 0.326 e. The Labute approximate surface area is 408 Å². The Bertz CT molecular complexity index is 2650. The fourth-order valence-corrected chi connectivity index (χ4v) is 8.81. The quantitative estimate of drug-likeness (QED) is 0.0400. The van der Waals surface area contributed by atoms with Crippen molar-refractivity contribution in [3.63, 3.8) is 0 Å². The standard InChI is InChI=1S/C53H66N8O9/c1-4-5-6-7-8-9-10-14-34-18-21-36(22-19-34)43-16-13-17-44-40(32-56-61(43)44)50(66)55-28-26-47(64)58-41(15-11-12-27-54)52(68)60(3)48-37-23-25-46(63)39(31-37)38-29-35(20-24-45(38)62)30-42(53(69)70)59-49(65)33(2)57-51(48)67/h13,16-25,29,31-33,41-42,48,62-63H,4-12,14-15,26-28,30,54H2,1-3H3,(H,55,66)(H,57,67)(H,58,64)(H,59,65)(H,69,70)/t33-,41-,42-,48-/m0/s1. The van der Waals surface area contributed by atoms with E-state index in [0.717, 1.165) is 29.0 Å². The molecule has 5 amide bonds. The lowest BCUT2D eigenvalue weighted by molar-refractivity contribution is -0.144. The zero-order chi connectivity index (χ0) is 50.3. The third-order valence-corrected chi connectivity index (χ3v) is 12.8. The number of carboxylic acid groups (broad SMARTS) is 1. The maximum atomic E-state index is 14.5. The van der Waals surface area contributed by atoms with Gasteiger partial charge in [-0.05, 0) is 98.7 Å². The van der Waals surface area contributed by atoms with Crippen LogP contribution in [0.5, 0.6) is 11.5 Å². The summed E-state index contributed by atoms with van der Waals surface area (Å²) < 4.78 is 1.72. The van der Waals surface area contributed by atoms with Gasteiger partial charge in [0.25, 0.3) is 5.91 Å². The normalized spacial score (nSPS) is 16.4. The van der Waals surface area contributed by atoms with Crippen LogP contribution in [-0.4, -0.2) is 104 Å². The number of aliphatic carboxylic acids is 1. The van der Waals surface area contributed by atoms with Crippen molar-refractivity contribution in [2.24, 2.45) is 5.73 Å². The molecule has 9 N–H and O–H groups in total. The van der Waals surface area contributed by atoms with Crippen molar-refractivity contribution in [3.8, 4) is 33.9 Å². The van der Waals surface area contributed by atoms with Gasteiger partial charge in [0.2, 0.25) is 23.6 Å². The lowest BCUT2D eigenvalue weighted by atomic mass is 9.93. The number of likely N-dealkylation sites (N-methyl/N-ethyl adjacent to an activating group) is 1. The van der Waals surface area contributed by atoms with E-state index in [1.165, 1.54) is 101 Å². The summed E-state index contributed by atoms with van der Waals surface area (Å²) in [5, 5.41) is 47.0. The number of carboxylic acids is 1. The summed E-state index contributed by atoms with van der Waals surface area (Å²) in [6.45, 7) is 3.85. The number of hydrogen-bond acceptors (Lipinski definition) is 10. The number of nitrogens with two attached hydrogens (primary N) is 1. The molecule has 0 unspecified atom stereocenters. The van der Waals surface area contributed by atoms with Crippen LogP contribution in [0.15, 0.2) is 85.1 Å². The van der Waals surface area contributed by atoms with Crippen LogP contribution in [0.4, 0.5) is 0 Å². The van der Waals surface area contributed by atoms with E-state index in [1.807, 2.05) is 12.1 Å². The molecule has 17 heteroatoms. The van der Waals surface area contributed by atoms with E-state index in [9.17, 15) is 44.1 Å². The highest BCUT2D eigenvalue weighted by atomic mass is 16.4. The average Bonchev–Trinajstić information content (AvgIpc) is 3.79. The number of carbonyl (C=O) groups excluding carboxylic acids is 5. The van der Waals surface area contributed by atoms with E-state index in [1.54, 1.807) is 10.6 Å². The third kappa shape index (κ3) is 13.3. The molecule has 3 aromatic carbocycles. The van der Waals surface area contributed by atoms with Crippen LogP contribution in [0.25, 0.3) is 27.9 Å². The molecule has 0 fully saturated rings. The Kier molecular flexibility index (Phi) is 18.5. The Balaban J connectivity index is 1.14. The number of nitrogens with zero attached hydrogens (tertiary/aromatic N) is 3. The van der Waals surface area contributed by atoms with Gasteiger partial charge in [-0.1, -0.05) is 87.9 Å². The summed E-state index contributed by atoms with van der Waals surface area (Å²) in [5.74, 6) is -5.12. The Morgan fingerprint density at radius 3 is 2.27 bits per heavy atom. The molecule has 2 aromatic heterocycles. The van der Waals surface area contributed by atoms with Crippen LogP contribution < -0.4 is 27.0 Å². The van der Waals surface area contributed by atoms with Gasteiger partial charge < -0.3 is 47.2 Å². The number of unbranched alkanes of at least 4 members (excludes halogenated alkanes) is 7. The van der Waals surface area contributed by atoms with Gasteiger partial charge in [-0.2, -0.15) is 5.10 Å². The highest BCUT2D eigenvalue weighted by Crippen LogP contribution is 2.39. The van der Waals surface area contributed by atoms with Gasteiger partial charge in [-0.25, -0.2) is 9.31 Å². The molecular weight excluding hydrogens is 893 g/mol. The van der Waals surface area contributed by atoms with Crippen LogP contribution in [-0.2, 0) is 36.8 Å². The van der Waals surface area contributed by atoms with Crippen molar-refractivity contribution in [1.82, 2.24) is 35.8 Å². The van der Waals surface area contributed by atoms with Gasteiger partial charge in [0.05, 0.1) is 23.0 Å². The molecule has 4 bridgehead atoms. The molecule has 70 heavy (non-hydrogen) atoms. The molecule has 0 radical (unpaired) electrons. The van der Waals surface area contributed by atoms with Crippen molar-refractivity contribution in [3.05, 3.63) is 107 Å². The number of aromatic hydroxyl groups is 2. The lowest BCUT2D eigenvalue weighted by Gasteiger charge is -2.32. The largest absolute Gasteiger partial charge is 0.507 e. The monoisotopic (exact) mass is 958 g/mol. The average molecular weight is 959 g/mol. The number of nitrogens with one attached hydrogen (secondary N) is 4. The second-order valence-corrected chi connectivity index (χ2v) is 18.1. The van der Waals surface area contributed by atoms with Gasteiger partial charge in [-0.3, -0.25) is 24.0 Å². The van der Waals surface area contributed by atoms with E-state index >= 15 is 0 Å². The SMILES string of the molecule is CCCCCCCCCc1ccc(-c2cccc3c(C(=O)NCCC(=O)N[C@@H](CCCCN)C(=O)N(C)[C@@H]4C(=O)N[C@@H](C)C(=O)N[C@H](C(=O)O)Cc5ccc(O)c(c5)-c5cc4ccc5O)cnn23)cc1. The second kappa shape index (κ2) is 24.8. The molecule has 0 saturated carbocycles. The lowest BCUT2D eigenvalue weighted by Crippen LogP contribution is -2.54. The minimum Gasteiger partial charge on any atom is -0.507 e. The maximum absolute atomic E-state index is 14.5. The number of aryl methyl sites for hydroxylation is 1. The summed E-state index contributed by atoms with van der Waals surface area (Å²) in [6.07, 6.45) is 12.1. The van der Waals surface area contributed by atoms with E-state index < -0.39 is 59.7 Å². The summed E-state index contributed by atoms with van der Waals surface area (Å²) in [6, 6.07) is 17.2. The summed E-state index contributed by atoms with van der Waals surface area (Å²) in [7, 11) is 1.36. The molecule has 1 aliphatic heterocycles. The molecule has 0 saturated heterocycles. The molecule has 3 heterocycles. The number of fused-ring (bicyclic) bond motifs is 6. The summed E-state index contributed by atoms with van der Waals surface area (Å²) in [4.78, 5) is 82.4. The van der Waals surface area contributed by atoms with Gasteiger partial charge in [-0.15, -0.1) is 0 Å². The minimum atomic E-state index is -1.45. The zero-order valence-corrected chi connectivity index (χ0v) is 40.2. The fraction of sp³-hybridized carbons (Fsp3) is 0.415. The molecule has 372 valence electrons. The number of benzene rings is 3. The number of pyridine rings is 1. The third-order valence-electron chi connectivity index (χ3n) is 12.8. The Morgan fingerprint density at radius 1 is 0.857 bits per heavy atom. The first-order valence-electron chi connectivity index (χ1n) is 24.3. The van der Waals surface area contributed by atoms with E-state index in [-0.39, 0.29) is 54.0 Å². The van der Waals surface area contributed by atoms with Gasteiger partial charge in [0.15, 0.2) is 0 Å². The second-order valence-electron chi connectivity index (χ2n) is 18.1. The molecule has 17 nitrogen and oxygen atoms in total. The van der Waals surface area contributed by atoms with E-state index in [2.05, 4.69) is 57.6 Å². The fourth-order valence-electron chi connectivity index (χ4n) is 8.81. The topological polar surface area (TPSA) is 258 Å². The summed E-state index contributed by atoms with van der Waals surface area (Å²) >= 11 is 0. The van der Waals surface area contributed by atoms with Crippen molar-refractivity contribution in [2.45, 2.75) is 121 Å². The van der Waals surface area contributed by atoms with Crippen molar-refractivity contribution in [2.75, 3.05) is 20.1 Å². The molecular formula is C53H66N8O9. The number of aromatic nitrogens is 2. The first-order valence-corrected chi connectivity index (χ1v) is 24.3. The number of rotatable bonds is 21. The first-order chi connectivity index (χ1) is 33.7. The van der Waals surface area contributed by atoms with Crippen molar-refractivity contribution < 1.29 is 44.1 Å². The Hall–Kier alpha value is -7.27. The maximum Gasteiger partial charge on any atom is 0.326 e. The number of carbonyl (C=O) groups is 6. The van der Waals surface area contributed by atoms with E-state index in [4.69, 9.17) is 5.73 Å².